The fraction of sp³-hybridized carbons (Fsp3) is 0.750. The van der Waals surface area contributed by atoms with Crippen molar-refractivity contribution in [1.82, 2.24) is 10.2 Å². The van der Waals surface area contributed by atoms with Gasteiger partial charge in [0.15, 0.2) is 5.82 Å². The van der Waals surface area contributed by atoms with Crippen molar-refractivity contribution in [3.63, 3.8) is 0 Å². The molecule has 0 radical (unpaired) electrons. The molecule has 0 bridgehead atoms. The predicted molar refractivity (Wildman–Crippen MR) is 85.5 cm³/mol. The molecule has 1 aromatic heterocycles. The fourth-order valence-electron chi connectivity index (χ4n) is 2.60. The second kappa shape index (κ2) is 7.71. The lowest BCUT2D eigenvalue weighted by atomic mass is 10.0. The first kappa shape index (κ1) is 16.2. The first-order valence-electron chi connectivity index (χ1n) is 8.07. The fourth-order valence-corrected chi connectivity index (χ4v) is 2.60. The number of aryl methyl sites for hydroxylation is 1. The molecule has 1 aliphatic carbocycles. The maximum Gasteiger partial charge on any atom is 0.155 e. The molecule has 0 saturated heterocycles. The van der Waals surface area contributed by atoms with Crippen LogP contribution in [0.1, 0.15) is 43.5 Å². The number of anilines is 1. The SMILES string of the molecule is CCc1nnc(N(C)CCOCC2CC2)c(CN)c1CC. The zero-order valence-electron chi connectivity index (χ0n) is 13.6. The molecular formula is C16H28N4O. The van der Waals surface area contributed by atoms with Gasteiger partial charge in [0.25, 0.3) is 0 Å². The minimum absolute atomic E-state index is 0.508. The van der Waals surface area contributed by atoms with Crippen molar-refractivity contribution in [3.8, 4) is 0 Å². The highest BCUT2D eigenvalue weighted by atomic mass is 16.5. The molecule has 1 aromatic rings. The van der Waals surface area contributed by atoms with Gasteiger partial charge in [-0.1, -0.05) is 13.8 Å². The second-order valence-electron chi connectivity index (χ2n) is 5.78. The van der Waals surface area contributed by atoms with E-state index < -0.39 is 0 Å². The molecule has 2 N–H and O–H groups in total. The molecule has 21 heavy (non-hydrogen) atoms. The van der Waals surface area contributed by atoms with E-state index in [1.807, 2.05) is 7.05 Å². The number of ether oxygens (including phenoxy) is 1. The normalized spacial score (nSPS) is 14.5. The van der Waals surface area contributed by atoms with Gasteiger partial charge in [0.1, 0.15) is 0 Å². The smallest absolute Gasteiger partial charge is 0.155 e. The Morgan fingerprint density at radius 3 is 2.52 bits per heavy atom. The van der Waals surface area contributed by atoms with E-state index in [1.165, 1.54) is 18.4 Å². The van der Waals surface area contributed by atoms with Crippen LogP contribution in [0.2, 0.25) is 0 Å². The van der Waals surface area contributed by atoms with Gasteiger partial charge in [-0.05, 0) is 37.2 Å². The van der Waals surface area contributed by atoms with Crippen molar-refractivity contribution >= 4 is 5.82 Å². The third kappa shape index (κ3) is 4.14. The highest BCUT2D eigenvalue weighted by molar-refractivity contribution is 5.50. The van der Waals surface area contributed by atoms with E-state index in [2.05, 4.69) is 28.9 Å². The van der Waals surface area contributed by atoms with E-state index in [1.54, 1.807) is 0 Å². The van der Waals surface area contributed by atoms with Gasteiger partial charge in [0.2, 0.25) is 0 Å². The Balaban J connectivity index is 2.02. The third-order valence-electron chi connectivity index (χ3n) is 4.12. The highest BCUT2D eigenvalue weighted by Gasteiger charge is 2.21. The van der Waals surface area contributed by atoms with E-state index in [9.17, 15) is 0 Å². The molecule has 0 unspecified atom stereocenters. The highest BCUT2D eigenvalue weighted by Crippen LogP contribution is 2.28. The van der Waals surface area contributed by atoms with Crippen LogP contribution in [0.3, 0.4) is 0 Å². The third-order valence-corrected chi connectivity index (χ3v) is 4.12. The molecule has 1 fully saturated rings. The Hall–Kier alpha value is -1.20. The Morgan fingerprint density at radius 1 is 1.19 bits per heavy atom. The molecule has 1 aliphatic rings. The molecule has 0 amide bonds. The van der Waals surface area contributed by atoms with Gasteiger partial charge in [-0.15, -0.1) is 5.10 Å². The van der Waals surface area contributed by atoms with Crippen LogP contribution >= 0.6 is 0 Å². The summed E-state index contributed by atoms with van der Waals surface area (Å²) in [6.45, 7) is 7.22. The van der Waals surface area contributed by atoms with Crippen molar-refractivity contribution in [2.45, 2.75) is 46.1 Å². The minimum Gasteiger partial charge on any atom is -0.379 e. The van der Waals surface area contributed by atoms with Gasteiger partial charge in [0.05, 0.1) is 12.3 Å². The van der Waals surface area contributed by atoms with E-state index in [0.717, 1.165) is 55.6 Å². The summed E-state index contributed by atoms with van der Waals surface area (Å²) in [7, 11) is 2.04. The minimum atomic E-state index is 0.508. The molecule has 1 heterocycles. The lowest BCUT2D eigenvalue weighted by Crippen LogP contribution is -2.27. The lowest BCUT2D eigenvalue weighted by molar-refractivity contribution is 0.130. The van der Waals surface area contributed by atoms with Crippen LogP contribution in [-0.2, 0) is 24.1 Å². The summed E-state index contributed by atoms with van der Waals surface area (Å²) in [4.78, 5) is 2.11. The molecule has 5 heteroatoms. The number of nitrogens with zero attached hydrogens (tertiary/aromatic N) is 3. The van der Waals surface area contributed by atoms with Crippen molar-refractivity contribution < 1.29 is 4.74 Å². The van der Waals surface area contributed by atoms with Crippen LogP contribution in [0.5, 0.6) is 0 Å². The maximum absolute atomic E-state index is 5.97. The second-order valence-corrected chi connectivity index (χ2v) is 5.78. The summed E-state index contributed by atoms with van der Waals surface area (Å²) < 4.78 is 5.70. The van der Waals surface area contributed by atoms with Crippen LogP contribution in [0, 0.1) is 5.92 Å². The first-order valence-corrected chi connectivity index (χ1v) is 8.07. The van der Waals surface area contributed by atoms with Gasteiger partial charge in [-0.2, -0.15) is 5.10 Å². The summed E-state index contributed by atoms with van der Waals surface area (Å²) in [6.07, 6.45) is 4.51. The first-order chi connectivity index (χ1) is 10.2. The maximum atomic E-state index is 5.97. The topological polar surface area (TPSA) is 64.3 Å². The Bertz CT molecular complexity index is 460. The summed E-state index contributed by atoms with van der Waals surface area (Å²) in [5, 5.41) is 8.77. The summed E-state index contributed by atoms with van der Waals surface area (Å²) >= 11 is 0. The van der Waals surface area contributed by atoms with E-state index in [-0.39, 0.29) is 0 Å². The van der Waals surface area contributed by atoms with Crippen molar-refractivity contribution in [3.05, 3.63) is 16.8 Å². The zero-order chi connectivity index (χ0) is 15.2. The lowest BCUT2D eigenvalue weighted by Gasteiger charge is -2.22. The molecule has 0 aromatic carbocycles. The Morgan fingerprint density at radius 2 is 1.95 bits per heavy atom. The Labute approximate surface area is 127 Å². The van der Waals surface area contributed by atoms with E-state index >= 15 is 0 Å². The molecule has 0 aliphatic heterocycles. The van der Waals surface area contributed by atoms with Crippen molar-refractivity contribution in [2.75, 3.05) is 31.7 Å². The number of hydrogen-bond acceptors (Lipinski definition) is 5. The average molecular weight is 292 g/mol. The van der Waals surface area contributed by atoms with Crippen LogP contribution in [0.25, 0.3) is 0 Å². The predicted octanol–water partition coefficient (Wildman–Crippen LogP) is 1.92. The zero-order valence-corrected chi connectivity index (χ0v) is 13.6. The van der Waals surface area contributed by atoms with E-state index in [0.29, 0.717) is 6.54 Å². The molecule has 2 rings (SSSR count). The number of nitrogens with two attached hydrogens (primary N) is 1. The monoisotopic (exact) mass is 292 g/mol. The molecule has 0 spiro atoms. The summed E-state index contributed by atoms with van der Waals surface area (Å²) in [6, 6.07) is 0. The van der Waals surface area contributed by atoms with Crippen LogP contribution in [0.4, 0.5) is 5.82 Å². The van der Waals surface area contributed by atoms with Gasteiger partial charge >= 0.3 is 0 Å². The molecule has 118 valence electrons. The largest absolute Gasteiger partial charge is 0.379 e. The number of rotatable bonds is 9. The van der Waals surface area contributed by atoms with Gasteiger partial charge in [-0.25, -0.2) is 0 Å². The number of aromatic nitrogens is 2. The standard InChI is InChI=1S/C16H28N4O/c1-4-13-14(10-17)16(19-18-15(13)5-2)20(3)8-9-21-11-12-6-7-12/h12H,4-11,17H2,1-3H3. The van der Waals surface area contributed by atoms with E-state index in [4.69, 9.17) is 10.5 Å². The van der Waals surface area contributed by atoms with Gasteiger partial charge in [-0.3, -0.25) is 0 Å². The summed E-state index contributed by atoms with van der Waals surface area (Å²) in [5.41, 5.74) is 9.43. The average Bonchev–Trinajstić information content (AvgIpc) is 3.33. The number of likely N-dealkylation sites (N-methyl/N-ethyl adjacent to an activating group) is 1. The summed E-state index contributed by atoms with van der Waals surface area (Å²) in [5.74, 6) is 1.71. The molecule has 1 saturated carbocycles. The molecular weight excluding hydrogens is 264 g/mol. The Kier molecular flexibility index (Phi) is 5.94. The molecule has 5 nitrogen and oxygen atoms in total. The van der Waals surface area contributed by atoms with Gasteiger partial charge in [0, 0.05) is 32.3 Å². The quantitative estimate of drug-likeness (QED) is 0.705. The number of hydrogen-bond donors (Lipinski definition) is 1. The van der Waals surface area contributed by atoms with Crippen LogP contribution in [0.15, 0.2) is 0 Å². The molecule has 0 atom stereocenters. The van der Waals surface area contributed by atoms with Crippen molar-refractivity contribution in [2.24, 2.45) is 11.7 Å². The van der Waals surface area contributed by atoms with Crippen LogP contribution in [-0.4, -0.2) is 37.0 Å². The van der Waals surface area contributed by atoms with Crippen LogP contribution < -0.4 is 10.6 Å². The van der Waals surface area contributed by atoms with Gasteiger partial charge < -0.3 is 15.4 Å². The van der Waals surface area contributed by atoms with Crippen molar-refractivity contribution in [1.29, 1.82) is 0 Å².